The van der Waals surface area contributed by atoms with Gasteiger partial charge in [0.1, 0.15) is 5.82 Å². The summed E-state index contributed by atoms with van der Waals surface area (Å²) < 4.78 is 42.5. The van der Waals surface area contributed by atoms with E-state index in [9.17, 15) is 12.8 Å². The molecule has 130 valence electrons. The van der Waals surface area contributed by atoms with Gasteiger partial charge in [-0.25, -0.2) is 4.39 Å². The first-order valence-corrected chi connectivity index (χ1v) is 9.81. The van der Waals surface area contributed by atoms with E-state index in [1.807, 2.05) is 13.0 Å². The number of thioether (sulfide) groups is 1. The van der Waals surface area contributed by atoms with E-state index in [1.54, 1.807) is 30.0 Å². The molecule has 0 radical (unpaired) electrons. The molecule has 0 saturated heterocycles. The van der Waals surface area contributed by atoms with Crippen molar-refractivity contribution in [3.8, 4) is 0 Å². The van der Waals surface area contributed by atoms with Crippen molar-refractivity contribution in [3.63, 3.8) is 0 Å². The Morgan fingerprint density at radius 1 is 1.21 bits per heavy atom. The highest BCUT2D eigenvalue weighted by Crippen LogP contribution is 2.42. The van der Waals surface area contributed by atoms with Crippen LogP contribution in [-0.4, -0.2) is 24.9 Å². The van der Waals surface area contributed by atoms with Crippen LogP contribution in [-0.2, 0) is 10.1 Å². The second kappa shape index (κ2) is 7.55. The lowest BCUT2D eigenvalue weighted by Crippen LogP contribution is -2.26. The quantitative estimate of drug-likeness (QED) is 0.798. The van der Waals surface area contributed by atoms with Crippen LogP contribution < -0.4 is 4.90 Å². The Hall–Kier alpha value is -1.57. The smallest absolute Gasteiger partial charge is 0.294 e. The number of halogens is 1. The van der Waals surface area contributed by atoms with Crippen LogP contribution in [0.1, 0.15) is 19.4 Å². The lowest BCUT2D eigenvalue weighted by Gasteiger charge is -2.21. The zero-order valence-electron chi connectivity index (χ0n) is 13.7. The Balaban J connectivity index is 0.000000177. The van der Waals surface area contributed by atoms with Crippen LogP contribution in [0.4, 0.5) is 10.1 Å². The first kappa shape index (κ1) is 18.8. The van der Waals surface area contributed by atoms with Crippen LogP contribution in [0.2, 0.25) is 0 Å². The van der Waals surface area contributed by atoms with Crippen molar-refractivity contribution in [1.29, 1.82) is 0 Å². The lowest BCUT2D eigenvalue weighted by molar-refractivity contribution is 0.483. The van der Waals surface area contributed by atoms with Gasteiger partial charge in [-0.15, -0.1) is 0 Å². The van der Waals surface area contributed by atoms with Gasteiger partial charge in [0.2, 0.25) is 0 Å². The van der Waals surface area contributed by atoms with Crippen LogP contribution in [0.5, 0.6) is 0 Å². The third-order valence-corrected chi connectivity index (χ3v) is 5.69. The van der Waals surface area contributed by atoms with E-state index < -0.39 is 10.1 Å². The molecule has 0 saturated carbocycles. The van der Waals surface area contributed by atoms with Gasteiger partial charge in [0.15, 0.2) is 0 Å². The number of hydrogen-bond acceptors (Lipinski definition) is 4. The first-order chi connectivity index (χ1) is 11.2. The van der Waals surface area contributed by atoms with Crippen molar-refractivity contribution in [2.24, 2.45) is 0 Å². The van der Waals surface area contributed by atoms with E-state index in [-0.39, 0.29) is 10.7 Å². The van der Waals surface area contributed by atoms with Crippen molar-refractivity contribution in [2.75, 3.05) is 11.4 Å². The van der Waals surface area contributed by atoms with E-state index >= 15 is 0 Å². The average Bonchev–Trinajstić information content (AvgIpc) is 2.82. The number of aryl methyl sites for hydroxylation is 1. The monoisotopic (exact) mass is 369 g/mol. The second-order valence-electron chi connectivity index (χ2n) is 5.40. The van der Waals surface area contributed by atoms with Gasteiger partial charge < -0.3 is 4.90 Å². The maximum atomic E-state index is 13.0. The summed E-state index contributed by atoms with van der Waals surface area (Å²) in [7, 11) is -4.02. The molecule has 2 aromatic rings. The molecule has 0 amide bonds. The van der Waals surface area contributed by atoms with Gasteiger partial charge in [0.25, 0.3) is 10.1 Å². The summed E-state index contributed by atoms with van der Waals surface area (Å²) in [5, 5.41) is 0.432. The minimum absolute atomic E-state index is 0.0666. The Labute approximate surface area is 146 Å². The molecule has 24 heavy (non-hydrogen) atoms. The summed E-state index contributed by atoms with van der Waals surface area (Å²) in [5.41, 5.74) is 2.00. The number of fused-ring (bicyclic) bond motifs is 1. The molecule has 1 atom stereocenters. The zero-order valence-corrected chi connectivity index (χ0v) is 15.4. The number of nitrogens with zero attached hydrogens (tertiary/aromatic N) is 1. The van der Waals surface area contributed by atoms with Gasteiger partial charge in [0, 0.05) is 11.4 Å². The molecule has 1 aliphatic rings. The second-order valence-corrected chi connectivity index (χ2v) is 8.18. The number of anilines is 1. The van der Waals surface area contributed by atoms with Crippen molar-refractivity contribution in [2.45, 2.75) is 35.9 Å². The summed E-state index contributed by atoms with van der Waals surface area (Å²) in [6.45, 7) is 7.02. The molecule has 1 N–H and O–H groups in total. The largest absolute Gasteiger partial charge is 0.359 e. The Morgan fingerprint density at radius 2 is 1.83 bits per heavy atom. The standard InChI is InChI=1S/C10H12FNS.C7H8O3S/c1-3-12-7(2)13-10-5-4-8(11)6-9(10)12;1-6-2-4-7(5-3-6)11(8,9)10/h4-7H,3H2,1-2H3;2-5H,1H3,(H,8,9,10). The van der Waals surface area contributed by atoms with Crippen LogP contribution >= 0.6 is 11.8 Å². The third-order valence-electron chi connectivity index (χ3n) is 3.63. The predicted octanol–water partition coefficient (Wildman–Crippen LogP) is 4.35. The van der Waals surface area contributed by atoms with E-state index in [1.165, 1.54) is 23.1 Å². The first-order valence-electron chi connectivity index (χ1n) is 7.49. The van der Waals surface area contributed by atoms with Crippen molar-refractivity contribution in [3.05, 3.63) is 53.8 Å². The number of hydrogen-bond donors (Lipinski definition) is 1. The summed E-state index contributed by atoms with van der Waals surface area (Å²) in [6, 6.07) is 11.0. The molecule has 0 bridgehead atoms. The van der Waals surface area contributed by atoms with Gasteiger partial charge >= 0.3 is 0 Å². The molecule has 4 nitrogen and oxygen atoms in total. The van der Waals surface area contributed by atoms with Crippen LogP contribution in [0.25, 0.3) is 0 Å². The molecule has 1 heterocycles. The van der Waals surface area contributed by atoms with E-state index in [2.05, 4.69) is 18.7 Å². The summed E-state index contributed by atoms with van der Waals surface area (Å²) in [4.78, 5) is 3.34. The predicted molar refractivity (Wildman–Crippen MR) is 95.7 cm³/mol. The molecule has 1 unspecified atom stereocenters. The fraction of sp³-hybridized carbons (Fsp3) is 0.294. The molecule has 1 aliphatic heterocycles. The van der Waals surface area contributed by atoms with Crippen molar-refractivity contribution < 1.29 is 17.4 Å². The Morgan fingerprint density at radius 3 is 2.38 bits per heavy atom. The SMILES string of the molecule is CCN1c2cc(F)ccc2SC1C.Cc1ccc(S(=O)(=O)O)cc1. The molecular weight excluding hydrogens is 349 g/mol. The van der Waals surface area contributed by atoms with Gasteiger partial charge in [-0.3, -0.25) is 4.55 Å². The molecular formula is C17H20FNO3S2. The van der Waals surface area contributed by atoms with Gasteiger partial charge in [-0.1, -0.05) is 29.5 Å². The minimum Gasteiger partial charge on any atom is -0.359 e. The summed E-state index contributed by atoms with van der Waals surface area (Å²) >= 11 is 1.79. The van der Waals surface area contributed by atoms with Gasteiger partial charge in [-0.05, 0) is 51.1 Å². The molecule has 7 heteroatoms. The maximum absolute atomic E-state index is 13.0. The van der Waals surface area contributed by atoms with Gasteiger partial charge in [-0.2, -0.15) is 8.42 Å². The normalized spacial score (nSPS) is 16.4. The van der Waals surface area contributed by atoms with Crippen molar-refractivity contribution >= 4 is 27.6 Å². The number of benzene rings is 2. The van der Waals surface area contributed by atoms with Gasteiger partial charge in [0.05, 0.1) is 16.0 Å². The Bertz CT molecular complexity index is 807. The highest BCUT2D eigenvalue weighted by atomic mass is 32.2. The lowest BCUT2D eigenvalue weighted by atomic mass is 10.2. The van der Waals surface area contributed by atoms with Crippen LogP contribution in [0, 0.1) is 12.7 Å². The number of rotatable bonds is 2. The average molecular weight is 369 g/mol. The van der Waals surface area contributed by atoms with E-state index in [0.29, 0.717) is 5.37 Å². The highest BCUT2D eigenvalue weighted by Gasteiger charge is 2.25. The zero-order chi connectivity index (χ0) is 17.9. The Kier molecular flexibility index (Phi) is 5.90. The van der Waals surface area contributed by atoms with Crippen molar-refractivity contribution in [1.82, 2.24) is 0 Å². The van der Waals surface area contributed by atoms with E-state index in [4.69, 9.17) is 4.55 Å². The molecule has 3 rings (SSSR count). The van der Waals surface area contributed by atoms with Crippen LogP contribution in [0.3, 0.4) is 0 Å². The minimum atomic E-state index is -4.02. The third kappa shape index (κ3) is 4.49. The molecule has 0 aromatic heterocycles. The van der Waals surface area contributed by atoms with Crippen LogP contribution in [0.15, 0.2) is 52.3 Å². The highest BCUT2D eigenvalue weighted by molar-refractivity contribution is 8.00. The van der Waals surface area contributed by atoms with E-state index in [0.717, 1.165) is 17.8 Å². The maximum Gasteiger partial charge on any atom is 0.294 e. The summed E-state index contributed by atoms with van der Waals surface area (Å²) in [5.74, 6) is -0.146. The summed E-state index contributed by atoms with van der Waals surface area (Å²) in [6.07, 6.45) is 0. The molecule has 2 aromatic carbocycles. The topological polar surface area (TPSA) is 57.6 Å². The fourth-order valence-electron chi connectivity index (χ4n) is 2.40. The molecule has 0 aliphatic carbocycles. The molecule has 0 fully saturated rings. The fourth-order valence-corrected chi connectivity index (χ4v) is 4.08. The molecule has 0 spiro atoms.